The van der Waals surface area contributed by atoms with Crippen LogP contribution in [0.15, 0.2) is 42.5 Å². The molecule has 0 aliphatic rings. The third-order valence-corrected chi connectivity index (χ3v) is 3.32. The Bertz CT molecular complexity index is 838. The maximum absolute atomic E-state index is 13.5. The number of ketones is 1. The van der Waals surface area contributed by atoms with Crippen molar-refractivity contribution in [2.45, 2.75) is 0 Å². The quantitative estimate of drug-likeness (QED) is 0.602. The fraction of sp³-hybridized carbons (Fsp3) is 0.167. The molecule has 0 unspecified atom stereocenters. The number of rotatable bonds is 7. The summed E-state index contributed by atoms with van der Waals surface area (Å²) in [6.45, 7) is -1.11. The maximum atomic E-state index is 13.5. The number of esters is 1. The molecule has 8 heteroatoms. The third-order valence-electron chi connectivity index (χ3n) is 3.32. The van der Waals surface area contributed by atoms with E-state index in [0.717, 1.165) is 12.1 Å². The zero-order valence-corrected chi connectivity index (χ0v) is 13.8. The van der Waals surface area contributed by atoms with Gasteiger partial charge in [0.1, 0.15) is 12.4 Å². The van der Waals surface area contributed by atoms with Crippen molar-refractivity contribution in [2.75, 3.05) is 20.3 Å². The molecule has 0 saturated heterocycles. The van der Waals surface area contributed by atoms with Crippen molar-refractivity contribution in [3.63, 3.8) is 0 Å². The molecule has 1 amide bonds. The first kappa shape index (κ1) is 19.0. The maximum Gasteiger partial charge on any atom is 0.325 e. The second kappa shape index (κ2) is 8.70. The standard InChI is InChI=1S/C18H15F2NO5/c1-25-16-6-5-11(8-14(16)20)15(22)10-26-17(23)9-21-18(24)12-3-2-4-13(19)7-12/h2-8H,9-10H2,1H3,(H,21,24). The average Bonchev–Trinajstić information content (AvgIpc) is 2.64. The van der Waals surface area contributed by atoms with Crippen molar-refractivity contribution in [3.05, 3.63) is 65.2 Å². The van der Waals surface area contributed by atoms with Crippen LogP contribution in [-0.2, 0) is 9.53 Å². The van der Waals surface area contributed by atoms with E-state index in [2.05, 4.69) is 5.32 Å². The van der Waals surface area contributed by atoms with Crippen LogP contribution in [0.5, 0.6) is 5.75 Å². The van der Waals surface area contributed by atoms with E-state index < -0.39 is 42.4 Å². The number of hydrogen-bond acceptors (Lipinski definition) is 5. The van der Waals surface area contributed by atoms with Gasteiger partial charge in [0.15, 0.2) is 24.0 Å². The van der Waals surface area contributed by atoms with Gasteiger partial charge >= 0.3 is 5.97 Å². The molecule has 0 bridgehead atoms. The molecular weight excluding hydrogens is 348 g/mol. The van der Waals surface area contributed by atoms with Crippen LogP contribution in [0.1, 0.15) is 20.7 Å². The van der Waals surface area contributed by atoms with E-state index in [0.29, 0.717) is 0 Å². The Morgan fingerprint density at radius 1 is 1.04 bits per heavy atom. The van der Waals surface area contributed by atoms with Gasteiger partial charge in [0.05, 0.1) is 7.11 Å². The molecule has 2 aromatic carbocycles. The molecule has 0 radical (unpaired) electrons. The fourth-order valence-corrected chi connectivity index (χ4v) is 2.00. The number of benzene rings is 2. The van der Waals surface area contributed by atoms with Crippen LogP contribution < -0.4 is 10.1 Å². The summed E-state index contributed by atoms with van der Waals surface area (Å²) in [5, 5.41) is 2.25. The normalized spacial score (nSPS) is 10.1. The van der Waals surface area contributed by atoms with Crippen LogP contribution in [0.3, 0.4) is 0 Å². The number of amides is 1. The number of hydrogen-bond donors (Lipinski definition) is 1. The number of nitrogens with one attached hydrogen (secondary N) is 1. The lowest BCUT2D eigenvalue weighted by Gasteiger charge is -2.07. The van der Waals surface area contributed by atoms with Crippen molar-refractivity contribution in [1.82, 2.24) is 5.32 Å². The van der Waals surface area contributed by atoms with Crippen LogP contribution in [0.25, 0.3) is 0 Å². The summed E-state index contributed by atoms with van der Waals surface area (Å²) in [4.78, 5) is 35.2. The van der Waals surface area contributed by atoms with Gasteiger partial charge in [-0.1, -0.05) is 6.07 Å². The predicted octanol–water partition coefficient (Wildman–Crippen LogP) is 2.13. The molecule has 2 rings (SSSR count). The highest BCUT2D eigenvalue weighted by Crippen LogP contribution is 2.18. The van der Waals surface area contributed by atoms with Gasteiger partial charge in [-0.3, -0.25) is 14.4 Å². The fourth-order valence-electron chi connectivity index (χ4n) is 2.00. The summed E-state index contributed by atoms with van der Waals surface area (Å²) >= 11 is 0. The van der Waals surface area contributed by atoms with Crippen LogP contribution >= 0.6 is 0 Å². The number of ether oxygens (including phenoxy) is 2. The van der Waals surface area contributed by atoms with Crippen LogP contribution in [0.2, 0.25) is 0 Å². The summed E-state index contributed by atoms with van der Waals surface area (Å²) in [6.07, 6.45) is 0. The molecule has 6 nitrogen and oxygen atoms in total. The van der Waals surface area contributed by atoms with E-state index in [4.69, 9.17) is 9.47 Å². The molecule has 0 aromatic heterocycles. The van der Waals surface area contributed by atoms with Crippen molar-refractivity contribution in [1.29, 1.82) is 0 Å². The number of halogens is 2. The summed E-state index contributed by atoms with van der Waals surface area (Å²) in [7, 11) is 1.29. The van der Waals surface area contributed by atoms with Gasteiger partial charge in [-0.2, -0.15) is 0 Å². The minimum absolute atomic E-state index is 0.0138. The average molecular weight is 363 g/mol. The van der Waals surface area contributed by atoms with Crippen LogP contribution in [0, 0.1) is 11.6 Å². The Labute approximate surface area is 147 Å². The van der Waals surface area contributed by atoms with E-state index in [1.807, 2.05) is 0 Å². The number of carbonyl (C=O) groups excluding carboxylic acids is 3. The minimum Gasteiger partial charge on any atom is -0.494 e. The first-order valence-electron chi connectivity index (χ1n) is 7.47. The monoisotopic (exact) mass is 363 g/mol. The van der Waals surface area contributed by atoms with Gasteiger partial charge in [0.25, 0.3) is 5.91 Å². The molecule has 0 fully saturated rings. The lowest BCUT2D eigenvalue weighted by molar-refractivity contribution is -0.141. The SMILES string of the molecule is COc1ccc(C(=O)COC(=O)CNC(=O)c2cccc(F)c2)cc1F. The van der Waals surface area contributed by atoms with Crippen LogP contribution in [0.4, 0.5) is 8.78 Å². The van der Waals surface area contributed by atoms with Gasteiger partial charge < -0.3 is 14.8 Å². The van der Waals surface area contributed by atoms with Crippen molar-refractivity contribution >= 4 is 17.7 Å². The van der Waals surface area contributed by atoms with E-state index in [9.17, 15) is 23.2 Å². The Morgan fingerprint density at radius 2 is 1.81 bits per heavy atom. The van der Waals surface area contributed by atoms with Gasteiger partial charge in [0, 0.05) is 11.1 Å². The number of methoxy groups -OCH3 is 1. The zero-order chi connectivity index (χ0) is 19.1. The molecule has 0 aliphatic heterocycles. The molecule has 2 aromatic rings. The summed E-state index contributed by atoms with van der Waals surface area (Å²) < 4.78 is 36.1. The molecule has 26 heavy (non-hydrogen) atoms. The molecule has 0 atom stereocenters. The van der Waals surface area contributed by atoms with Gasteiger partial charge in [-0.15, -0.1) is 0 Å². The first-order valence-corrected chi connectivity index (χ1v) is 7.47. The Morgan fingerprint density at radius 3 is 2.46 bits per heavy atom. The first-order chi connectivity index (χ1) is 12.4. The highest BCUT2D eigenvalue weighted by Gasteiger charge is 2.14. The lowest BCUT2D eigenvalue weighted by Crippen LogP contribution is -2.31. The smallest absolute Gasteiger partial charge is 0.325 e. The molecule has 136 valence electrons. The third kappa shape index (κ3) is 5.10. The molecule has 0 spiro atoms. The van der Waals surface area contributed by atoms with E-state index >= 15 is 0 Å². The second-order valence-corrected chi connectivity index (χ2v) is 5.13. The van der Waals surface area contributed by atoms with E-state index in [1.165, 1.54) is 37.4 Å². The van der Waals surface area contributed by atoms with E-state index in [1.54, 1.807) is 0 Å². The molecule has 0 saturated carbocycles. The summed E-state index contributed by atoms with van der Waals surface area (Å²) in [5.74, 6) is -3.46. The Kier molecular flexibility index (Phi) is 6.37. The summed E-state index contributed by atoms with van der Waals surface area (Å²) in [5.41, 5.74) is 0.0579. The van der Waals surface area contributed by atoms with Crippen LogP contribution in [-0.4, -0.2) is 37.9 Å². The Hall–Kier alpha value is -3.29. The Balaban J connectivity index is 1.82. The summed E-state index contributed by atoms with van der Waals surface area (Å²) in [6, 6.07) is 8.52. The van der Waals surface area contributed by atoms with Gasteiger partial charge in [0.2, 0.25) is 0 Å². The minimum atomic E-state index is -0.864. The zero-order valence-electron chi connectivity index (χ0n) is 13.8. The second-order valence-electron chi connectivity index (χ2n) is 5.13. The lowest BCUT2D eigenvalue weighted by atomic mass is 10.1. The van der Waals surface area contributed by atoms with Gasteiger partial charge in [-0.25, -0.2) is 8.78 Å². The van der Waals surface area contributed by atoms with E-state index in [-0.39, 0.29) is 16.9 Å². The van der Waals surface area contributed by atoms with Crippen molar-refractivity contribution in [3.8, 4) is 5.75 Å². The number of Topliss-reactive ketones (excluding diaryl/α,β-unsaturated/α-hetero) is 1. The molecule has 0 heterocycles. The topological polar surface area (TPSA) is 81.7 Å². The molecule has 0 aliphatic carbocycles. The highest BCUT2D eigenvalue weighted by atomic mass is 19.1. The molecular formula is C18H15F2NO5. The van der Waals surface area contributed by atoms with Gasteiger partial charge in [-0.05, 0) is 36.4 Å². The number of carbonyl (C=O) groups is 3. The molecule has 1 N–H and O–H groups in total. The predicted molar refractivity (Wildman–Crippen MR) is 87.0 cm³/mol. The van der Waals surface area contributed by atoms with Crippen molar-refractivity contribution < 1.29 is 32.6 Å². The largest absolute Gasteiger partial charge is 0.494 e. The highest BCUT2D eigenvalue weighted by molar-refractivity contribution is 5.99. The van der Waals surface area contributed by atoms with Crippen molar-refractivity contribution in [2.24, 2.45) is 0 Å².